The number of sulfonamides is 1. The molecule has 6 nitrogen and oxygen atoms in total. The fraction of sp³-hybridized carbons (Fsp3) is 0.409. The third kappa shape index (κ3) is 5.97. The number of hydrogen-bond acceptors (Lipinski definition) is 4. The molecule has 0 aliphatic carbocycles. The number of anilines is 1. The van der Waals surface area contributed by atoms with E-state index in [1.165, 1.54) is 18.4 Å². The summed E-state index contributed by atoms with van der Waals surface area (Å²) in [5.41, 5.74) is 3.37. The van der Waals surface area contributed by atoms with E-state index < -0.39 is 10.0 Å². The minimum atomic E-state index is -3.65. The Kier molecular flexibility index (Phi) is 7.39. The maximum atomic E-state index is 12.6. The molecule has 2 aromatic rings. The smallest absolute Gasteiger partial charge is 0.241 e. The van der Waals surface area contributed by atoms with E-state index in [4.69, 9.17) is 11.6 Å². The summed E-state index contributed by atoms with van der Waals surface area (Å²) in [4.78, 5) is 15.0. The highest BCUT2D eigenvalue weighted by molar-refractivity contribution is 7.92. The predicted octanol–water partition coefficient (Wildman–Crippen LogP) is 3.33. The molecule has 2 aromatic carbocycles. The lowest BCUT2D eigenvalue weighted by atomic mass is 10.1. The third-order valence-corrected chi connectivity index (χ3v) is 6.68. The molecule has 3 rings (SSSR count). The first-order valence-corrected chi connectivity index (χ1v) is 12.3. The first kappa shape index (κ1) is 22.6. The van der Waals surface area contributed by atoms with Gasteiger partial charge in [-0.2, -0.15) is 0 Å². The topological polar surface area (TPSA) is 69.7 Å². The van der Waals surface area contributed by atoms with Crippen LogP contribution in [0.15, 0.2) is 42.5 Å². The summed E-state index contributed by atoms with van der Waals surface area (Å²) >= 11 is 6.05. The summed E-state index contributed by atoms with van der Waals surface area (Å²) in [6.45, 7) is 4.91. The second-order valence-corrected chi connectivity index (χ2v) is 10.1. The van der Waals surface area contributed by atoms with Gasteiger partial charge in [-0.3, -0.25) is 14.0 Å². The molecule has 1 saturated heterocycles. The highest BCUT2D eigenvalue weighted by Crippen LogP contribution is 2.26. The van der Waals surface area contributed by atoms with Gasteiger partial charge in [0.05, 0.1) is 11.9 Å². The lowest BCUT2D eigenvalue weighted by Crippen LogP contribution is -2.40. The van der Waals surface area contributed by atoms with Crippen molar-refractivity contribution in [1.29, 1.82) is 0 Å². The van der Waals surface area contributed by atoms with Crippen molar-refractivity contribution in [2.45, 2.75) is 32.9 Å². The van der Waals surface area contributed by atoms with E-state index in [1.54, 1.807) is 25.1 Å². The van der Waals surface area contributed by atoms with Crippen molar-refractivity contribution >= 4 is 33.2 Å². The van der Waals surface area contributed by atoms with Crippen molar-refractivity contribution in [1.82, 2.24) is 10.2 Å². The Morgan fingerprint density at radius 1 is 1.13 bits per heavy atom. The lowest BCUT2D eigenvalue weighted by molar-refractivity contribution is -0.119. The van der Waals surface area contributed by atoms with Crippen LogP contribution in [0.25, 0.3) is 0 Å². The second-order valence-electron chi connectivity index (χ2n) is 7.73. The largest absolute Gasteiger partial charge is 0.350 e. The molecule has 1 N–H and O–H groups in total. The Morgan fingerprint density at radius 3 is 2.47 bits per heavy atom. The number of benzene rings is 2. The van der Waals surface area contributed by atoms with Crippen LogP contribution in [0.4, 0.5) is 5.69 Å². The number of carbonyl (C=O) groups excluding carboxylic acids is 1. The van der Waals surface area contributed by atoms with Gasteiger partial charge in [-0.25, -0.2) is 8.42 Å². The number of likely N-dealkylation sites (tertiary alicyclic amines) is 1. The maximum absolute atomic E-state index is 12.6. The molecule has 162 valence electrons. The van der Waals surface area contributed by atoms with Crippen molar-refractivity contribution < 1.29 is 13.2 Å². The Balaban J connectivity index is 1.69. The second kappa shape index (κ2) is 9.81. The Labute approximate surface area is 183 Å². The van der Waals surface area contributed by atoms with Crippen LogP contribution < -0.4 is 9.62 Å². The Hall–Kier alpha value is -2.09. The van der Waals surface area contributed by atoms with Gasteiger partial charge in [-0.05, 0) is 61.7 Å². The fourth-order valence-electron chi connectivity index (χ4n) is 3.68. The van der Waals surface area contributed by atoms with E-state index in [2.05, 4.69) is 16.3 Å². The average Bonchev–Trinajstić information content (AvgIpc) is 3.20. The van der Waals surface area contributed by atoms with Crippen molar-refractivity contribution in [2.24, 2.45) is 0 Å². The van der Waals surface area contributed by atoms with Crippen molar-refractivity contribution in [3.05, 3.63) is 64.2 Å². The van der Waals surface area contributed by atoms with Crippen LogP contribution >= 0.6 is 11.6 Å². The first-order chi connectivity index (χ1) is 14.2. The zero-order chi connectivity index (χ0) is 21.7. The summed E-state index contributed by atoms with van der Waals surface area (Å²) < 4.78 is 25.8. The van der Waals surface area contributed by atoms with E-state index >= 15 is 0 Å². The highest BCUT2D eigenvalue weighted by atomic mass is 35.5. The molecule has 1 heterocycles. The van der Waals surface area contributed by atoms with Crippen LogP contribution in [-0.4, -0.2) is 45.1 Å². The summed E-state index contributed by atoms with van der Waals surface area (Å²) in [5.74, 6) is -0.365. The number of nitrogens with one attached hydrogen (secondary N) is 1. The standard InChI is InChI=1S/C22H28ClN3O3S/c1-17-9-10-20(23)13-21(17)26(30(2,28)29)16-22(27)24-14-18-7-3-4-8-19(18)15-25-11-5-6-12-25/h3-4,7-10,13H,5-6,11-12,14-16H2,1-2H3,(H,24,27). The van der Waals surface area contributed by atoms with E-state index in [9.17, 15) is 13.2 Å². The average molecular weight is 450 g/mol. The number of hydrogen-bond donors (Lipinski definition) is 1. The van der Waals surface area contributed by atoms with Gasteiger partial charge in [0.2, 0.25) is 15.9 Å². The molecule has 30 heavy (non-hydrogen) atoms. The van der Waals surface area contributed by atoms with E-state index in [-0.39, 0.29) is 12.5 Å². The van der Waals surface area contributed by atoms with Crippen LogP contribution in [-0.2, 0) is 27.9 Å². The molecule has 0 unspecified atom stereocenters. The van der Waals surface area contributed by atoms with Crippen molar-refractivity contribution in [3.8, 4) is 0 Å². The molecule has 0 saturated carbocycles. The number of halogens is 1. The molecule has 0 spiro atoms. The van der Waals surface area contributed by atoms with Gasteiger partial charge in [-0.1, -0.05) is 41.9 Å². The predicted molar refractivity (Wildman–Crippen MR) is 121 cm³/mol. The molecule has 1 aliphatic rings. The van der Waals surface area contributed by atoms with Gasteiger partial charge < -0.3 is 5.32 Å². The van der Waals surface area contributed by atoms with Gasteiger partial charge in [0, 0.05) is 18.1 Å². The molecule has 0 bridgehead atoms. The van der Waals surface area contributed by atoms with Gasteiger partial charge in [-0.15, -0.1) is 0 Å². The molecule has 0 aromatic heterocycles. The van der Waals surface area contributed by atoms with E-state index in [0.717, 1.165) is 41.3 Å². The summed E-state index contributed by atoms with van der Waals surface area (Å²) in [6.07, 6.45) is 3.54. The maximum Gasteiger partial charge on any atom is 0.241 e. The van der Waals surface area contributed by atoms with Crippen LogP contribution in [0.2, 0.25) is 5.02 Å². The van der Waals surface area contributed by atoms with Crippen LogP contribution in [0.5, 0.6) is 0 Å². The number of nitrogens with zero attached hydrogens (tertiary/aromatic N) is 2. The van der Waals surface area contributed by atoms with Crippen molar-refractivity contribution in [3.63, 3.8) is 0 Å². The molecule has 1 fully saturated rings. The van der Waals surface area contributed by atoms with Gasteiger partial charge in [0.25, 0.3) is 0 Å². The minimum Gasteiger partial charge on any atom is -0.350 e. The molecule has 1 amide bonds. The summed E-state index contributed by atoms with van der Waals surface area (Å²) in [6, 6.07) is 13.0. The number of carbonyl (C=O) groups is 1. The molecule has 8 heteroatoms. The molecule has 0 radical (unpaired) electrons. The third-order valence-electron chi connectivity index (χ3n) is 5.31. The molecule has 1 aliphatic heterocycles. The van der Waals surface area contributed by atoms with Gasteiger partial charge >= 0.3 is 0 Å². The Bertz CT molecular complexity index is 1000. The summed E-state index contributed by atoms with van der Waals surface area (Å²) in [7, 11) is -3.65. The molecular weight excluding hydrogens is 422 g/mol. The number of aryl methyl sites for hydroxylation is 1. The zero-order valence-corrected chi connectivity index (χ0v) is 19.0. The van der Waals surface area contributed by atoms with Crippen LogP contribution in [0, 0.1) is 6.92 Å². The van der Waals surface area contributed by atoms with E-state index in [0.29, 0.717) is 17.3 Å². The number of rotatable bonds is 8. The van der Waals surface area contributed by atoms with Crippen LogP contribution in [0.1, 0.15) is 29.5 Å². The zero-order valence-electron chi connectivity index (χ0n) is 17.4. The first-order valence-electron chi connectivity index (χ1n) is 10.0. The van der Waals surface area contributed by atoms with Gasteiger partial charge in [0.15, 0.2) is 0 Å². The lowest BCUT2D eigenvalue weighted by Gasteiger charge is -2.24. The highest BCUT2D eigenvalue weighted by Gasteiger charge is 2.23. The minimum absolute atomic E-state index is 0.297. The Morgan fingerprint density at radius 2 is 1.80 bits per heavy atom. The normalized spacial score (nSPS) is 14.6. The van der Waals surface area contributed by atoms with Gasteiger partial charge in [0.1, 0.15) is 6.54 Å². The van der Waals surface area contributed by atoms with Crippen molar-refractivity contribution in [2.75, 3.05) is 30.2 Å². The summed E-state index contributed by atoms with van der Waals surface area (Å²) in [5, 5.41) is 3.29. The van der Waals surface area contributed by atoms with Crippen LogP contribution in [0.3, 0.4) is 0 Å². The number of amides is 1. The quantitative estimate of drug-likeness (QED) is 0.671. The molecular formula is C22H28ClN3O3S. The van der Waals surface area contributed by atoms with E-state index in [1.807, 2.05) is 18.2 Å². The molecule has 0 atom stereocenters. The monoisotopic (exact) mass is 449 g/mol. The fourth-order valence-corrected chi connectivity index (χ4v) is 4.75. The SMILES string of the molecule is Cc1ccc(Cl)cc1N(CC(=O)NCc1ccccc1CN1CCCC1)S(C)(=O)=O.